The van der Waals surface area contributed by atoms with E-state index in [1.807, 2.05) is 0 Å². The van der Waals surface area contributed by atoms with Crippen LogP contribution >= 0.6 is 0 Å². The van der Waals surface area contributed by atoms with Crippen molar-refractivity contribution in [3.63, 3.8) is 0 Å². The highest BCUT2D eigenvalue weighted by Crippen LogP contribution is 2.24. The second-order valence-corrected chi connectivity index (χ2v) is 6.95. The van der Waals surface area contributed by atoms with Gasteiger partial charge in [0.25, 0.3) is 0 Å². The molecule has 110 valence electrons. The number of sulfone groups is 1. The highest BCUT2D eigenvalue weighted by atomic mass is 32.2. The second kappa shape index (κ2) is 5.35. The van der Waals surface area contributed by atoms with Gasteiger partial charge in [0.15, 0.2) is 9.84 Å². The summed E-state index contributed by atoms with van der Waals surface area (Å²) >= 11 is 0. The highest BCUT2D eigenvalue weighted by Gasteiger charge is 2.26. The van der Waals surface area contributed by atoms with Gasteiger partial charge in [0.2, 0.25) is 0 Å². The smallest absolute Gasteiger partial charge is 0.335 e. The number of nitrogens with one attached hydrogen (secondary N) is 1. The predicted octanol–water partition coefficient (Wildman–Crippen LogP) is 1.65. The number of anilines is 1. The van der Waals surface area contributed by atoms with Gasteiger partial charge in [-0.15, -0.1) is 0 Å². The minimum absolute atomic E-state index is 0.0775. The Bertz CT molecular complexity index is 622. The lowest BCUT2D eigenvalue weighted by Crippen LogP contribution is -2.35. The Balaban J connectivity index is 2.23. The van der Waals surface area contributed by atoms with Crippen molar-refractivity contribution in [1.29, 1.82) is 0 Å². The summed E-state index contributed by atoms with van der Waals surface area (Å²) < 4.78 is 50.3. The summed E-state index contributed by atoms with van der Waals surface area (Å²) in [6.07, 6.45) is 0.912. The van der Waals surface area contributed by atoms with Crippen molar-refractivity contribution in [3.05, 3.63) is 29.3 Å². The lowest BCUT2D eigenvalue weighted by Gasteiger charge is -2.24. The molecular formula is C12H13F2NO4S. The number of aromatic carboxylic acids is 1. The molecule has 2 N–H and O–H groups in total. The molecule has 1 aliphatic rings. The maximum Gasteiger partial charge on any atom is 0.335 e. The number of rotatable bonds is 3. The molecule has 1 atom stereocenters. The number of carboxylic acids is 1. The molecule has 20 heavy (non-hydrogen) atoms. The summed E-state index contributed by atoms with van der Waals surface area (Å²) in [6, 6.07) is 0.823. The van der Waals surface area contributed by atoms with Crippen LogP contribution in [-0.2, 0) is 9.84 Å². The third-order valence-electron chi connectivity index (χ3n) is 3.10. The Morgan fingerprint density at radius 2 is 1.90 bits per heavy atom. The fourth-order valence-corrected chi connectivity index (χ4v) is 3.81. The first-order valence-electron chi connectivity index (χ1n) is 5.98. The largest absolute Gasteiger partial charge is 0.478 e. The molecule has 0 spiro atoms. The van der Waals surface area contributed by atoms with Crippen LogP contribution in [0.15, 0.2) is 12.1 Å². The molecular weight excluding hydrogens is 292 g/mol. The van der Waals surface area contributed by atoms with Crippen molar-refractivity contribution >= 4 is 21.5 Å². The Morgan fingerprint density at radius 1 is 1.30 bits per heavy atom. The standard InChI is InChI=1S/C12H13F2NO4S/c13-9-4-7(12(16)17)5-10(14)11(9)15-8-2-1-3-20(18,19)6-8/h4-5,8,15H,1-3,6H2,(H,16,17). The molecule has 1 aromatic rings. The Hall–Kier alpha value is -1.70. The molecule has 0 radical (unpaired) electrons. The molecule has 2 rings (SSSR count). The molecule has 0 aliphatic carbocycles. The van der Waals surface area contributed by atoms with Crippen molar-refractivity contribution in [3.8, 4) is 0 Å². The SMILES string of the molecule is O=C(O)c1cc(F)c(NC2CCCS(=O)(=O)C2)c(F)c1. The molecule has 1 heterocycles. The summed E-state index contributed by atoms with van der Waals surface area (Å²) in [5.74, 6) is -3.65. The van der Waals surface area contributed by atoms with Crippen LogP contribution in [0.4, 0.5) is 14.5 Å². The molecule has 0 saturated carbocycles. The minimum atomic E-state index is -3.20. The predicted molar refractivity (Wildman–Crippen MR) is 68.6 cm³/mol. The third kappa shape index (κ3) is 3.24. The van der Waals surface area contributed by atoms with Crippen LogP contribution in [-0.4, -0.2) is 37.0 Å². The van der Waals surface area contributed by atoms with Gasteiger partial charge in [-0.1, -0.05) is 0 Å². The Kier molecular flexibility index (Phi) is 3.94. The quantitative estimate of drug-likeness (QED) is 0.887. The van der Waals surface area contributed by atoms with Crippen LogP contribution < -0.4 is 5.32 Å². The number of carbonyl (C=O) groups is 1. The maximum absolute atomic E-state index is 13.7. The van der Waals surface area contributed by atoms with Crippen molar-refractivity contribution in [1.82, 2.24) is 0 Å². The molecule has 0 bridgehead atoms. The summed E-state index contributed by atoms with van der Waals surface area (Å²) in [5.41, 5.74) is -0.987. The molecule has 1 aromatic carbocycles. The van der Waals surface area contributed by atoms with E-state index in [1.54, 1.807) is 0 Å². The molecule has 5 nitrogen and oxygen atoms in total. The van der Waals surface area contributed by atoms with Crippen molar-refractivity contribution in [2.75, 3.05) is 16.8 Å². The first kappa shape index (κ1) is 14.7. The van der Waals surface area contributed by atoms with E-state index >= 15 is 0 Å². The van der Waals surface area contributed by atoms with Crippen LogP contribution in [0.25, 0.3) is 0 Å². The van der Waals surface area contributed by atoms with Gasteiger partial charge in [-0.3, -0.25) is 0 Å². The number of benzene rings is 1. The molecule has 1 aliphatic heterocycles. The molecule has 0 aromatic heterocycles. The monoisotopic (exact) mass is 305 g/mol. The van der Waals surface area contributed by atoms with Crippen LogP contribution in [0.1, 0.15) is 23.2 Å². The molecule has 1 unspecified atom stereocenters. The van der Waals surface area contributed by atoms with E-state index < -0.39 is 44.7 Å². The average Bonchev–Trinajstić information content (AvgIpc) is 2.32. The van der Waals surface area contributed by atoms with Crippen LogP contribution in [0, 0.1) is 11.6 Å². The fourth-order valence-electron chi connectivity index (χ4n) is 2.18. The minimum Gasteiger partial charge on any atom is -0.478 e. The zero-order valence-electron chi connectivity index (χ0n) is 10.4. The maximum atomic E-state index is 13.7. The van der Waals surface area contributed by atoms with E-state index in [0.29, 0.717) is 25.0 Å². The van der Waals surface area contributed by atoms with E-state index in [9.17, 15) is 22.0 Å². The van der Waals surface area contributed by atoms with Gasteiger partial charge in [0.1, 0.15) is 17.3 Å². The normalized spacial score (nSPS) is 21.4. The van der Waals surface area contributed by atoms with Gasteiger partial charge in [0.05, 0.1) is 17.1 Å². The number of halogens is 2. The van der Waals surface area contributed by atoms with Gasteiger partial charge < -0.3 is 10.4 Å². The summed E-state index contributed by atoms with van der Waals surface area (Å²) in [5, 5.41) is 11.2. The van der Waals surface area contributed by atoms with Gasteiger partial charge in [0, 0.05) is 6.04 Å². The van der Waals surface area contributed by atoms with Crippen LogP contribution in [0.3, 0.4) is 0 Å². The van der Waals surface area contributed by atoms with E-state index in [1.165, 1.54) is 0 Å². The van der Waals surface area contributed by atoms with Gasteiger partial charge in [-0.05, 0) is 25.0 Å². The van der Waals surface area contributed by atoms with Crippen molar-refractivity contribution in [2.45, 2.75) is 18.9 Å². The highest BCUT2D eigenvalue weighted by molar-refractivity contribution is 7.91. The summed E-state index contributed by atoms with van der Waals surface area (Å²) in [4.78, 5) is 10.7. The first-order valence-corrected chi connectivity index (χ1v) is 7.80. The topological polar surface area (TPSA) is 83.5 Å². The Labute approximate surface area is 114 Å². The van der Waals surface area contributed by atoms with E-state index in [0.717, 1.165) is 0 Å². The second-order valence-electron chi connectivity index (χ2n) is 4.72. The molecule has 1 saturated heterocycles. The first-order chi connectivity index (χ1) is 9.28. The lowest BCUT2D eigenvalue weighted by molar-refractivity contribution is 0.0696. The number of hydrogen-bond donors (Lipinski definition) is 2. The van der Waals surface area contributed by atoms with Gasteiger partial charge in [-0.25, -0.2) is 22.0 Å². The third-order valence-corrected chi connectivity index (χ3v) is 4.92. The van der Waals surface area contributed by atoms with Crippen molar-refractivity contribution < 1.29 is 27.1 Å². The zero-order valence-corrected chi connectivity index (χ0v) is 11.2. The van der Waals surface area contributed by atoms with Gasteiger partial charge >= 0.3 is 5.97 Å². The molecule has 0 amide bonds. The fraction of sp³-hybridized carbons (Fsp3) is 0.417. The lowest BCUT2D eigenvalue weighted by atomic mass is 10.1. The summed E-state index contributed by atoms with van der Waals surface area (Å²) in [7, 11) is -3.20. The number of carboxylic acid groups (broad SMARTS) is 1. The molecule has 1 fully saturated rings. The van der Waals surface area contributed by atoms with E-state index in [-0.39, 0.29) is 11.5 Å². The molecule has 8 heteroatoms. The zero-order chi connectivity index (χ0) is 14.9. The summed E-state index contributed by atoms with van der Waals surface area (Å²) in [6.45, 7) is 0. The van der Waals surface area contributed by atoms with E-state index in [2.05, 4.69) is 5.32 Å². The number of hydrogen-bond acceptors (Lipinski definition) is 4. The Morgan fingerprint density at radius 3 is 2.40 bits per heavy atom. The van der Waals surface area contributed by atoms with Crippen LogP contribution in [0.5, 0.6) is 0 Å². The van der Waals surface area contributed by atoms with Crippen molar-refractivity contribution in [2.24, 2.45) is 0 Å². The van der Waals surface area contributed by atoms with E-state index in [4.69, 9.17) is 5.11 Å². The average molecular weight is 305 g/mol. The van der Waals surface area contributed by atoms with Gasteiger partial charge in [-0.2, -0.15) is 0 Å². The van der Waals surface area contributed by atoms with Crippen LogP contribution in [0.2, 0.25) is 0 Å².